The number of nitrogens with zero attached hydrogens (tertiary/aromatic N) is 2. The van der Waals surface area contributed by atoms with E-state index in [9.17, 15) is 14.3 Å². The maximum atomic E-state index is 13.3. The van der Waals surface area contributed by atoms with Crippen LogP contribution in [0.2, 0.25) is 0 Å². The molecule has 0 aliphatic carbocycles. The normalized spacial score (nSPS) is 18.6. The van der Waals surface area contributed by atoms with Crippen molar-refractivity contribution in [1.82, 2.24) is 9.80 Å². The Balaban J connectivity index is 2.24. The molecule has 1 aromatic rings. The van der Waals surface area contributed by atoms with E-state index in [0.29, 0.717) is 41.1 Å². The second-order valence-corrected chi connectivity index (χ2v) is 7.86. The first-order valence-electron chi connectivity index (χ1n) is 9.97. The third-order valence-corrected chi connectivity index (χ3v) is 5.80. The number of carbonyl (C=O) groups is 1. The Kier molecular flexibility index (Phi) is 9.06. The summed E-state index contributed by atoms with van der Waals surface area (Å²) in [6.07, 6.45) is 5.86. The molecule has 1 aromatic carbocycles. The summed E-state index contributed by atoms with van der Waals surface area (Å²) in [5, 5.41) is 13.3. The van der Waals surface area contributed by atoms with Crippen molar-refractivity contribution in [2.75, 3.05) is 25.0 Å². The molecule has 0 spiro atoms. The minimum atomic E-state index is -0.735. The molecule has 164 valence electrons. The summed E-state index contributed by atoms with van der Waals surface area (Å²) in [6.45, 7) is 9.35. The monoisotopic (exact) mass is 455 g/mol. The molecule has 1 heterocycles. The minimum absolute atomic E-state index is 0.0298. The summed E-state index contributed by atoms with van der Waals surface area (Å²) in [5.41, 5.74) is 1.04. The number of rotatable bonds is 6. The molecule has 1 aliphatic heterocycles. The third kappa shape index (κ3) is 5.92. The van der Waals surface area contributed by atoms with Crippen molar-refractivity contribution in [3.8, 4) is 5.75 Å². The van der Waals surface area contributed by atoms with E-state index in [1.54, 1.807) is 17.1 Å². The predicted octanol–water partition coefficient (Wildman–Crippen LogP) is 6.02. The van der Waals surface area contributed by atoms with Crippen molar-refractivity contribution in [1.29, 1.82) is 0 Å². The zero-order chi connectivity index (χ0) is 22.3. The maximum absolute atomic E-state index is 13.3. The summed E-state index contributed by atoms with van der Waals surface area (Å²) in [6, 6.07) is 3.47. The molecule has 8 heteroatoms. The quantitative estimate of drug-likeness (QED) is 0.515. The lowest BCUT2D eigenvalue weighted by Gasteiger charge is -2.29. The average Bonchev–Trinajstić information content (AvgIpc) is 2.93. The summed E-state index contributed by atoms with van der Waals surface area (Å²) in [4.78, 5) is 16.8. The summed E-state index contributed by atoms with van der Waals surface area (Å²) >= 11 is 12.8. The number of anilines is 1. The van der Waals surface area contributed by atoms with Crippen LogP contribution in [0.15, 0.2) is 52.7 Å². The molecule has 1 atom stereocenters. The highest BCUT2D eigenvalue weighted by atomic mass is 35.5. The fourth-order valence-electron chi connectivity index (χ4n) is 3.54. The summed E-state index contributed by atoms with van der Waals surface area (Å²) < 4.78 is 13.3. The van der Waals surface area contributed by atoms with Gasteiger partial charge in [0.2, 0.25) is 0 Å². The fourth-order valence-corrected chi connectivity index (χ4v) is 4.03. The number of aromatic hydroxyl groups is 1. The lowest BCUT2D eigenvalue weighted by molar-refractivity contribution is 0.186. The number of halogens is 3. The van der Waals surface area contributed by atoms with Crippen LogP contribution in [0, 0.1) is 5.82 Å². The van der Waals surface area contributed by atoms with Gasteiger partial charge in [-0.3, -0.25) is 0 Å². The third-order valence-electron chi connectivity index (χ3n) is 5.07. The average molecular weight is 456 g/mol. The van der Waals surface area contributed by atoms with Gasteiger partial charge in [-0.25, -0.2) is 9.18 Å². The van der Waals surface area contributed by atoms with Gasteiger partial charge < -0.3 is 20.2 Å². The lowest BCUT2D eigenvalue weighted by Crippen LogP contribution is -2.43. The molecule has 2 N–H and O–H groups in total. The Morgan fingerprint density at radius 3 is 2.70 bits per heavy atom. The van der Waals surface area contributed by atoms with Gasteiger partial charge in [0.15, 0.2) is 11.6 Å². The topological polar surface area (TPSA) is 55.8 Å². The van der Waals surface area contributed by atoms with Gasteiger partial charge in [-0.1, -0.05) is 49.2 Å². The zero-order valence-corrected chi connectivity index (χ0v) is 18.8. The van der Waals surface area contributed by atoms with Gasteiger partial charge >= 0.3 is 6.03 Å². The second kappa shape index (κ2) is 11.3. The molecule has 1 aliphatic rings. The van der Waals surface area contributed by atoms with E-state index in [2.05, 4.69) is 23.7 Å². The number of hydrogen-bond acceptors (Lipinski definition) is 3. The van der Waals surface area contributed by atoms with Crippen molar-refractivity contribution in [3.63, 3.8) is 0 Å². The fraction of sp³-hybridized carbons (Fsp3) is 0.409. The highest BCUT2D eigenvalue weighted by molar-refractivity contribution is 6.36. The Morgan fingerprint density at radius 2 is 2.10 bits per heavy atom. The first-order valence-corrected chi connectivity index (χ1v) is 10.7. The van der Waals surface area contributed by atoms with Gasteiger partial charge in [-0.15, -0.1) is 0 Å². The van der Waals surface area contributed by atoms with Gasteiger partial charge in [0, 0.05) is 37.4 Å². The number of hydrogen-bond donors (Lipinski definition) is 2. The van der Waals surface area contributed by atoms with Crippen molar-refractivity contribution < 1.29 is 14.3 Å². The van der Waals surface area contributed by atoms with E-state index in [4.69, 9.17) is 23.2 Å². The first-order chi connectivity index (χ1) is 14.3. The van der Waals surface area contributed by atoms with E-state index >= 15 is 0 Å². The molecular formula is C22H28Cl2FN3O2. The molecule has 0 aromatic heterocycles. The van der Waals surface area contributed by atoms with Crippen LogP contribution in [-0.2, 0) is 0 Å². The number of phenols is 1. The van der Waals surface area contributed by atoms with Crippen LogP contribution in [0.5, 0.6) is 5.75 Å². The maximum Gasteiger partial charge on any atom is 0.322 e. The Hall–Kier alpha value is -2.18. The van der Waals surface area contributed by atoms with E-state index < -0.39 is 11.6 Å². The standard InChI is InChI=1S/C22H28Cl2FN3O2/c1-4-7-16-10-11-27(21(17(23)5-2)18(24)6-3)12-13-28(16)22(30)26-15-8-9-19(25)20(29)14-15/h5-6,8-9,14,16,29H,2,4,7,10-13H2,1,3H3,(H,26,30)/b18-6+,21-17-. The van der Waals surface area contributed by atoms with Crippen molar-refractivity contribution in [3.05, 3.63) is 58.5 Å². The van der Waals surface area contributed by atoms with E-state index in [1.165, 1.54) is 12.1 Å². The molecule has 1 saturated heterocycles. The predicted molar refractivity (Wildman–Crippen MR) is 121 cm³/mol. The van der Waals surface area contributed by atoms with Gasteiger partial charge in [0.1, 0.15) is 0 Å². The summed E-state index contributed by atoms with van der Waals surface area (Å²) in [7, 11) is 0. The number of carbonyl (C=O) groups excluding carboxylic acids is 1. The van der Waals surface area contributed by atoms with Crippen molar-refractivity contribution in [2.24, 2.45) is 0 Å². The van der Waals surface area contributed by atoms with E-state index in [-0.39, 0.29) is 12.1 Å². The van der Waals surface area contributed by atoms with Crippen LogP contribution in [-0.4, -0.2) is 46.6 Å². The first kappa shape index (κ1) is 24.1. The molecule has 2 rings (SSSR count). The lowest BCUT2D eigenvalue weighted by atomic mass is 10.1. The van der Waals surface area contributed by atoms with Crippen LogP contribution < -0.4 is 5.32 Å². The number of amides is 2. The van der Waals surface area contributed by atoms with E-state index in [0.717, 1.165) is 25.3 Å². The van der Waals surface area contributed by atoms with Crippen molar-refractivity contribution in [2.45, 2.75) is 39.2 Å². The summed E-state index contributed by atoms with van der Waals surface area (Å²) in [5.74, 6) is -1.24. The smallest absolute Gasteiger partial charge is 0.322 e. The number of phenolic OH excluding ortho intramolecular Hbond substituents is 1. The molecule has 5 nitrogen and oxygen atoms in total. The zero-order valence-electron chi connectivity index (χ0n) is 17.3. The SMILES string of the molecule is C=C/C(Cl)=C(\C(Cl)=C/C)N1CCC(CCC)N(C(=O)Nc2ccc(F)c(O)c2)CC1. The van der Waals surface area contributed by atoms with Crippen LogP contribution in [0.4, 0.5) is 14.9 Å². The number of nitrogens with one attached hydrogen (secondary N) is 1. The van der Waals surface area contributed by atoms with Crippen LogP contribution in [0.25, 0.3) is 0 Å². The Labute approximate surface area is 187 Å². The largest absolute Gasteiger partial charge is 0.505 e. The number of urea groups is 1. The van der Waals surface area contributed by atoms with Crippen LogP contribution in [0.3, 0.4) is 0 Å². The molecule has 0 saturated carbocycles. The van der Waals surface area contributed by atoms with Crippen LogP contribution in [0.1, 0.15) is 33.1 Å². The van der Waals surface area contributed by atoms with Gasteiger partial charge in [0.25, 0.3) is 0 Å². The van der Waals surface area contributed by atoms with Crippen LogP contribution >= 0.6 is 23.2 Å². The molecule has 1 unspecified atom stereocenters. The van der Waals surface area contributed by atoms with Crippen molar-refractivity contribution >= 4 is 34.9 Å². The highest BCUT2D eigenvalue weighted by Gasteiger charge is 2.29. The molecule has 1 fully saturated rings. The number of benzene rings is 1. The van der Waals surface area contributed by atoms with Gasteiger partial charge in [-0.2, -0.15) is 0 Å². The second-order valence-electron chi connectivity index (χ2n) is 7.05. The Morgan fingerprint density at radius 1 is 1.37 bits per heavy atom. The molecular weight excluding hydrogens is 428 g/mol. The number of allylic oxidation sites excluding steroid dienone is 4. The molecule has 0 radical (unpaired) electrons. The van der Waals surface area contributed by atoms with Gasteiger partial charge in [-0.05, 0) is 38.0 Å². The van der Waals surface area contributed by atoms with Gasteiger partial charge in [0.05, 0.1) is 15.8 Å². The molecule has 30 heavy (non-hydrogen) atoms. The molecule has 2 amide bonds. The minimum Gasteiger partial charge on any atom is -0.505 e. The molecule has 0 bridgehead atoms. The van der Waals surface area contributed by atoms with E-state index in [1.807, 2.05) is 6.92 Å². The highest BCUT2D eigenvalue weighted by Crippen LogP contribution is 2.29. The Bertz CT molecular complexity index is 842.